The average molecular weight is 445 g/mol. The molecule has 0 fully saturated rings. The van der Waals surface area contributed by atoms with Gasteiger partial charge < -0.3 is 14.2 Å². The molecule has 0 aliphatic heterocycles. The fourth-order valence-electron chi connectivity index (χ4n) is 2.40. The largest absolute Gasteiger partial charge is 0.495 e. The van der Waals surface area contributed by atoms with E-state index in [1.54, 1.807) is 0 Å². The topological polar surface area (TPSA) is 125 Å². The predicted octanol–water partition coefficient (Wildman–Crippen LogP) is 2.63. The summed E-state index contributed by atoms with van der Waals surface area (Å²) in [6.07, 6.45) is 0. The minimum Gasteiger partial charge on any atom is -0.495 e. The monoisotopic (exact) mass is 444 g/mol. The maximum atomic E-state index is 13.3. The Kier molecular flexibility index (Phi) is 6.88. The first-order valence-corrected chi connectivity index (χ1v) is 9.73. The molecule has 0 amide bonds. The lowest BCUT2D eigenvalue weighted by Crippen LogP contribution is -2.36. The third kappa shape index (κ3) is 4.69. The lowest BCUT2D eigenvalue weighted by atomic mass is 10.2. The van der Waals surface area contributed by atoms with E-state index in [-0.39, 0.29) is 27.1 Å². The van der Waals surface area contributed by atoms with Gasteiger partial charge in [-0.1, -0.05) is 11.6 Å². The van der Waals surface area contributed by atoms with Gasteiger partial charge in [-0.15, -0.1) is 0 Å². The first-order valence-electron chi connectivity index (χ1n) is 7.91. The Hall–Kier alpha value is -3.05. The molecule has 0 radical (unpaired) electrons. The molecule has 2 aromatic rings. The number of methoxy groups -OCH3 is 3. The number of carbonyl (C=O) groups is 1. The highest BCUT2D eigenvalue weighted by Gasteiger charge is 2.31. The predicted molar refractivity (Wildman–Crippen MR) is 104 cm³/mol. The van der Waals surface area contributed by atoms with Crippen LogP contribution in [0.1, 0.15) is 0 Å². The maximum Gasteiger partial charge on any atom is 0.326 e. The molecule has 0 aliphatic rings. The van der Waals surface area contributed by atoms with E-state index in [0.29, 0.717) is 4.31 Å². The summed E-state index contributed by atoms with van der Waals surface area (Å²) < 4.78 is 41.9. The fraction of sp³-hybridized carbons (Fsp3) is 0.235. The zero-order chi connectivity index (χ0) is 21.8. The molecule has 0 spiro atoms. The van der Waals surface area contributed by atoms with Crippen molar-refractivity contribution in [1.82, 2.24) is 0 Å². The van der Waals surface area contributed by atoms with E-state index in [4.69, 9.17) is 21.1 Å². The van der Waals surface area contributed by atoms with Crippen LogP contribution >= 0.6 is 11.6 Å². The lowest BCUT2D eigenvalue weighted by Gasteiger charge is -2.25. The summed E-state index contributed by atoms with van der Waals surface area (Å²) in [6, 6.07) is 7.09. The Labute approximate surface area is 171 Å². The van der Waals surface area contributed by atoms with Crippen LogP contribution in [0.3, 0.4) is 0 Å². The number of ether oxygens (including phenoxy) is 3. The van der Waals surface area contributed by atoms with Crippen molar-refractivity contribution in [2.24, 2.45) is 0 Å². The number of rotatable bonds is 8. The number of anilines is 1. The van der Waals surface area contributed by atoms with E-state index in [2.05, 4.69) is 4.74 Å². The van der Waals surface area contributed by atoms with Gasteiger partial charge >= 0.3 is 5.97 Å². The van der Waals surface area contributed by atoms with Gasteiger partial charge in [0.1, 0.15) is 23.7 Å². The summed E-state index contributed by atoms with van der Waals surface area (Å²) in [5, 5.41) is 11.2. The number of carbonyl (C=O) groups excluding carboxylic acids is 1. The highest BCUT2D eigenvalue weighted by molar-refractivity contribution is 7.92. The van der Waals surface area contributed by atoms with E-state index in [0.717, 1.165) is 25.3 Å². The van der Waals surface area contributed by atoms with E-state index < -0.39 is 33.1 Å². The van der Waals surface area contributed by atoms with Crippen molar-refractivity contribution >= 4 is 39.0 Å². The maximum absolute atomic E-state index is 13.3. The second-order valence-electron chi connectivity index (χ2n) is 5.50. The lowest BCUT2D eigenvalue weighted by molar-refractivity contribution is -0.384. The van der Waals surface area contributed by atoms with Gasteiger partial charge in [0.2, 0.25) is 0 Å². The van der Waals surface area contributed by atoms with Crippen LogP contribution in [-0.4, -0.2) is 47.2 Å². The Morgan fingerprint density at radius 1 is 1.10 bits per heavy atom. The summed E-state index contributed by atoms with van der Waals surface area (Å²) in [5.41, 5.74) is -0.599. The Balaban J connectivity index is 2.70. The number of nitro benzene ring substituents is 1. The molecule has 2 rings (SSSR count). The molecule has 10 nitrogen and oxygen atoms in total. The second-order valence-corrected chi connectivity index (χ2v) is 7.77. The highest BCUT2D eigenvalue weighted by atomic mass is 35.5. The fourth-order valence-corrected chi connectivity index (χ4v) is 4.16. The minimum atomic E-state index is -4.39. The summed E-state index contributed by atoms with van der Waals surface area (Å²) in [4.78, 5) is 22.1. The van der Waals surface area contributed by atoms with Crippen LogP contribution in [0, 0.1) is 10.1 Å². The zero-order valence-electron chi connectivity index (χ0n) is 15.6. The van der Waals surface area contributed by atoms with Crippen LogP contribution in [0.5, 0.6) is 11.5 Å². The van der Waals surface area contributed by atoms with Gasteiger partial charge in [-0.05, 0) is 24.3 Å². The van der Waals surface area contributed by atoms with Crippen molar-refractivity contribution < 1.29 is 32.3 Å². The Morgan fingerprint density at radius 3 is 2.24 bits per heavy atom. The molecule has 0 unspecified atom stereocenters. The third-order valence-corrected chi connectivity index (χ3v) is 5.90. The molecule has 156 valence electrons. The third-order valence-electron chi connectivity index (χ3n) is 3.85. The Morgan fingerprint density at radius 2 is 1.72 bits per heavy atom. The molecule has 0 atom stereocenters. The summed E-state index contributed by atoms with van der Waals surface area (Å²) in [7, 11) is -0.677. The van der Waals surface area contributed by atoms with Gasteiger partial charge in [0.05, 0.1) is 36.2 Å². The van der Waals surface area contributed by atoms with Crippen molar-refractivity contribution in [3.05, 3.63) is 51.5 Å². The van der Waals surface area contributed by atoms with Crippen LogP contribution < -0.4 is 13.8 Å². The van der Waals surface area contributed by atoms with Crippen molar-refractivity contribution in [2.45, 2.75) is 4.90 Å². The van der Waals surface area contributed by atoms with Crippen LogP contribution in [0.25, 0.3) is 0 Å². The summed E-state index contributed by atoms with van der Waals surface area (Å²) >= 11 is 6.03. The van der Waals surface area contributed by atoms with E-state index in [1.807, 2.05) is 0 Å². The number of benzene rings is 2. The zero-order valence-corrected chi connectivity index (χ0v) is 17.2. The molecule has 0 heterocycles. The molecular formula is C17H17ClN2O8S. The smallest absolute Gasteiger partial charge is 0.326 e. The highest BCUT2D eigenvalue weighted by Crippen LogP contribution is 2.36. The van der Waals surface area contributed by atoms with Gasteiger partial charge in [-0.25, -0.2) is 8.42 Å². The van der Waals surface area contributed by atoms with Crippen LogP contribution in [0.4, 0.5) is 11.4 Å². The van der Waals surface area contributed by atoms with Gasteiger partial charge in [-0.2, -0.15) is 0 Å². The molecule has 29 heavy (non-hydrogen) atoms. The van der Waals surface area contributed by atoms with Gasteiger partial charge in [0.25, 0.3) is 15.7 Å². The molecule has 0 N–H and O–H groups in total. The number of hydrogen-bond acceptors (Lipinski definition) is 8. The number of esters is 1. The number of halogens is 1. The van der Waals surface area contributed by atoms with Gasteiger partial charge in [-0.3, -0.25) is 19.2 Å². The number of hydrogen-bond donors (Lipinski definition) is 0. The SMILES string of the molecule is COC(=O)CN(c1cc([N+](=O)[O-])ccc1OC)S(=O)(=O)c1ccc(OC)c(Cl)c1. The first-order chi connectivity index (χ1) is 13.6. The summed E-state index contributed by atoms with van der Waals surface area (Å²) in [6.45, 7) is -0.750. The van der Waals surface area contributed by atoms with Crippen molar-refractivity contribution in [3.8, 4) is 11.5 Å². The van der Waals surface area contributed by atoms with Crippen molar-refractivity contribution in [2.75, 3.05) is 32.2 Å². The number of nitro groups is 1. The molecule has 12 heteroatoms. The molecule has 0 saturated carbocycles. The second kappa shape index (κ2) is 8.97. The van der Waals surface area contributed by atoms with E-state index in [9.17, 15) is 23.3 Å². The van der Waals surface area contributed by atoms with Gasteiger partial charge in [0, 0.05) is 12.1 Å². The molecule has 0 bridgehead atoms. The Bertz CT molecular complexity index is 1040. The normalized spacial score (nSPS) is 10.9. The standard InChI is InChI=1S/C17H17ClN2O8S/c1-26-15-7-5-12(9-13(15)18)29(24,25)19(10-17(21)28-3)14-8-11(20(22)23)4-6-16(14)27-2/h4-9H,10H2,1-3H3. The minimum absolute atomic E-state index is 0.00249. The van der Waals surface area contributed by atoms with Crippen molar-refractivity contribution in [1.29, 1.82) is 0 Å². The summed E-state index contributed by atoms with van der Waals surface area (Å²) in [5.74, 6) is -0.637. The number of nitrogens with zero attached hydrogens (tertiary/aromatic N) is 2. The molecular weight excluding hydrogens is 428 g/mol. The average Bonchev–Trinajstić information content (AvgIpc) is 2.70. The van der Waals surface area contributed by atoms with Gasteiger partial charge in [0.15, 0.2) is 0 Å². The number of sulfonamides is 1. The van der Waals surface area contributed by atoms with Crippen LogP contribution in [0.15, 0.2) is 41.3 Å². The molecule has 0 aromatic heterocycles. The quantitative estimate of drug-likeness (QED) is 0.345. The molecule has 0 aliphatic carbocycles. The van der Waals surface area contributed by atoms with E-state index in [1.165, 1.54) is 32.4 Å². The van der Waals surface area contributed by atoms with Crippen LogP contribution in [-0.2, 0) is 19.6 Å². The molecule has 0 saturated heterocycles. The van der Waals surface area contributed by atoms with E-state index >= 15 is 0 Å². The number of non-ortho nitro benzene ring substituents is 1. The molecule has 2 aromatic carbocycles. The van der Waals surface area contributed by atoms with Crippen LogP contribution in [0.2, 0.25) is 5.02 Å². The van der Waals surface area contributed by atoms with Crippen molar-refractivity contribution in [3.63, 3.8) is 0 Å². The first kappa shape index (κ1) is 22.2.